The summed E-state index contributed by atoms with van der Waals surface area (Å²) in [4.78, 5) is 22.9. The molecule has 0 radical (unpaired) electrons. The molecule has 0 atom stereocenters. The van der Waals surface area contributed by atoms with Gasteiger partial charge in [0.1, 0.15) is 22.6 Å². The molecule has 0 fully saturated rings. The van der Waals surface area contributed by atoms with E-state index in [1.165, 1.54) is 26.0 Å². The van der Waals surface area contributed by atoms with Gasteiger partial charge < -0.3 is 30.0 Å². The molecule has 5 rings (SSSR count). The van der Waals surface area contributed by atoms with Crippen LogP contribution in [-0.2, 0) is 6.42 Å². The van der Waals surface area contributed by atoms with Crippen molar-refractivity contribution in [2.24, 2.45) is 5.10 Å². The smallest absolute Gasteiger partial charge is 0.257 e. The van der Waals surface area contributed by atoms with Crippen LogP contribution in [0.15, 0.2) is 65.8 Å². The van der Waals surface area contributed by atoms with Crippen LogP contribution in [0.25, 0.3) is 22.2 Å². The average Bonchev–Trinajstić information content (AvgIpc) is 3.27. The minimum Gasteiger partial charge on any atom is -0.497 e. The number of benzene rings is 3. The number of nitrogen functional groups attached to an aromatic ring is 1. The van der Waals surface area contributed by atoms with Gasteiger partial charge in [0.2, 0.25) is 5.75 Å². The number of amides is 1. The van der Waals surface area contributed by atoms with E-state index in [2.05, 4.69) is 10.4 Å². The molecule has 41 heavy (non-hydrogen) atoms. The van der Waals surface area contributed by atoms with Gasteiger partial charge in [-0.05, 0) is 48.4 Å². The SMILES string of the molecule is COc1ccc(CCNC(=O)c2c(N)n(/N=C\c3cc(OC)c(OC)c(OC)c3)c3nc4ccccc4nc23)cc1. The molecule has 11 nitrogen and oxygen atoms in total. The summed E-state index contributed by atoms with van der Waals surface area (Å²) in [5, 5.41) is 7.54. The van der Waals surface area contributed by atoms with Crippen LogP contribution in [0.3, 0.4) is 0 Å². The zero-order chi connectivity index (χ0) is 28.9. The van der Waals surface area contributed by atoms with Crippen LogP contribution in [-0.4, -0.2) is 61.7 Å². The van der Waals surface area contributed by atoms with Gasteiger partial charge in [0.15, 0.2) is 17.1 Å². The summed E-state index contributed by atoms with van der Waals surface area (Å²) >= 11 is 0. The minimum absolute atomic E-state index is 0.112. The zero-order valence-corrected chi connectivity index (χ0v) is 23.2. The van der Waals surface area contributed by atoms with Crippen molar-refractivity contribution < 1.29 is 23.7 Å². The summed E-state index contributed by atoms with van der Waals surface area (Å²) in [6, 6.07) is 18.6. The molecule has 0 aliphatic rings. The second-order valence-corrected chi connectivity index (χ2v) is 9.01. The normalized spacial score (nSPS) is 11.2. The number of nitrogens with one attached hydrogen (secondary N) is 1. The number of nitrogens with two attached hydrogens (primary N) is 1. The van der Waals surface area contributed by atoms with E-state index in [4.69, 9.17) is 34.6 Å². The molecule has 0 spiro atoms. The molecule has 2 aromatic heterocycles. The molecule has 5 aromatic rings. The highest BCUT2D eigenvalue weighted by atomic mass is 16.5. The highest BCUT2D eigenvalue weighted by Gasteiger charge is 2.24. The molecule has 3 N–H and O–H groups in total. The molecule has 210 valence electrons. The maximum Gasteiger partial charge on any atom is 0.257 e. The lowest BCUT2D eigenvalue weighted by Crippen LogP contribution is -2.26. The summed E-state index contributed by atoms with van der Waals surface area (Å²) in [6.07, 6.45) is 2.20. The molecule has 0 bridgehead atoms. The number of carbonyl (C=O) groups is 1. The number of hydrogen-bond acceptors (Lipinski definition) is 9. The Morgan fingerprint density at radius 1 is 0.927 bits per heavy atom. The third-order valence-electron chi connectivity index (χ3n) is 6.57. The topological polar surface area (TPSA) is 135 Å². The first-order chi connectivity index (χ1) is 20.0. The Bertz CT molecular complexity index is 1720. The van der Waals surface area contributed by atoms with Crippen LogP contribution in [0.2, 0.25) is 0 Å². The number of ether oxygens (including phenoxy) is 4. The van der Waals surface area contributed by atoms with E-state index in [9.17, 15) is 4.79 Å². The van der Waals surface area contributed by atoms with Crippen LogP contribution in [0.1, 0.15) is 21.5 Å². The number of methoxy groups -OCH3 is 4. The summed E-state index contributed by atoms with van der Waals surface area (Å²) in [6.45, 7) is 0.396. The average molecular weight is 555 g/mol. The van der Waals surface area contributed by atoms with Gasteiger partial charge in [0, 0.05) is 12.1 Å². The fraction of sp³-hybridized carbons (Fsp3) is 0.200. The molecule has 0 aliphatic heterocycles. The lowest BCUT2D eigenvalue weighted by molar-refractivity contribution is 0.0956. The van der Waals surface area contributed by atoms with Gasteiger partial charge in [0.25, 0.3) is 5.91 Å². The summed E-state index contributed by atoms with van der Waals surface area (Å²) < 4.78 is 22.9. The van der Waals surface area contributed by atoms with Gasteiger partial charge in [-0.2, -0.15) is 9.78 Å². The fourth-order valence-electron chi connectivity index (χ4n) is 4.49. The second-order valence-electron chi connectivity index (χ2n) is 9.01. The molecule has 2 heterocycles. The Kier molecular flexibility index (Phi) is 7.86. The van der Waals surface area contributed by atoms with Gasteiger partial charge >= 0.3 is 0 Å². The predicted molar refractivity (Wildman–Crippen MR) is 158 cm³/mol. The first-order valence-electron chi connectivity index (χ1n) is 12.8. The number of hydrogen-bond donors (Lipinski definition) is 2. The third kappa shape index (κ3) is 5.42. The first kappa shape index (κ1) is 27.3. The number of aromatic nitrogens is 3. The van der Waals surface area contributed by atoms with Gasteiger partial charge in [-0.1, -0.05) is 24.3 Å². The lowest BCUT2D eigenvalue weighted by Gasteiger charge is -2.12. The first-order valence-corrected chi connectivity index (χ1v) is 12.8. The van der Waals surface area contributed by atoms with E-state index in [0.717, 1.165) is 11.3 Å². The monoisotopic (exact) mass is 554 g/mol. The Labute approximate surface area is 236 Å². The number of rotatable bonds is 10. The van der Waals surface area contributed by atoms with Crippen molar-refractivity contribution in [2.75, 3.05) is 40.7 Å². The van der Waals surface area contributed by atoms with Crippen molar-refractivity contribution in [2.45, 2.75) is 6.42 Å². The summed E-state index contributed by atoms with van der Waals surface area (Å²) in [5.41, 5.74) is 10.4. The zero-order valence-electron chi connectivity index (χ0n) is 23.2. The van der Waals surface area contributed by atoms with Crippen molar-refractivity contribution >= 4 is 40.1 Å². The van der Waals surface area contributed by atoms with Crippen LogP contribution in [0, 0.1) is 0 Å². The number of carbonyl (C=O) groups excluding carboxylic acids is 1. The van der Waals surface area contributed by atoms with E-state index in [-0.39, 0.29) is 17.3 Å². The van der Waals surface area contributed by atoms with Crippen molar-refractivity contribution in [3.8, 4) is 23.0 Å². The van der Waals surface area contributed by atoms with E-state index in [1.54, 1.807) is 25.5 Å². The Balaban J connectivity index is 1.51. The maximum atomic E-state index is 13.4. The van der Waals surface area contributed by atoms with Crippen molar-refractivity contribution in [1.29, 1.82) is 0 Å². The maximum absolute atomic E-state index is 13.4. The van der Waals surface area contributed by atoms with Crippen LogP contribution in [0.5, 0.6) is 23.0 Å². The van der Waals surface area contributed by atoms with E-state index in [0.29, 0.717) is 58.0 Å². The lowest BCUT2D eigenvalue weighted by atomic mass is 10.1. The number of para-hydroxylation sites is 2. The van der Waals surface area contributed by atoms with Crippen molar-refractivity contribution in [1.82, 2.24) is 20.0 Å². The Morgan fingerprint density at radius 3 is 2.20 bits per heavy atom. The molecule has 1 amide bonds. The fourth-order valence-corrected chi connectivity index (χ4v) is 4.49. The second kappa shape index (κ2) is 11.8. The standard InChI is InChI=1S/C30H30N6O5/c1-38-20-11-9-18(10-12-20)13-14-32-30(37)25-26-29(35-22-8-6-5-7-21(22)34-26)36(28(25)31)33-17-19-15-23(39-2)27(41-4)24(16-19)40-3/h5-12,15-17H,13-14,31H2,1-4H3,(H,32,37)/b33-17-. The van der Waals surface area contributed by atoms with Crippen LogP contribution >= 0.6 is 0 Å². The van der Waals surface area contributed by atoms with Crippen molar-refractivity contribution in [3.63, 3.8) is 0 Å². The molecule has 0 saturated carbocycles. The van der Waals surface area contributed by atoms with Crippen LogP contribution in [0.4, 0.5) is 5.82 Å². The summed E-state index contributed by atoms with van der Waals surface area (Å²) in [7, 11) is 6.23. The predicted octanol–water partition coefficient (Wildman–Crippen LogP) is 4.06. The molecular formula is C30H30N6O5. The van der Waals surface area contributed by atoms with E-state index < -0.39 is 0 Å². The number of nitrogens with zero attached hydrogens (tertiary/aromatic N) is 4. The molecular weight excluding hydrogens is 524 g/mol. The minimum atomic E-state index is -0.368. The van der Waals surface area contributed by atoms with Gasteiger partial charge in [-0.15, -0.1) is 0 Å². The van der Waals surface area contributed by atoms with Crippen LogP contribution < -0.4 is 30.0 Å². The molecule has 0 saturated heterocycles. The molecule has 11 heteroatoms. The van der Waals surface area contributed by atoms with Gasteiger partial charge in [-0.3, -0.25) is 4.79 Å². The molecule has 0 unspecified atom stereocenters. The van der Waals surface area contributed by atoms with Crippen molar-refractivity contribution in [3.05, 3.63) is 77.4 Å². The highest BCUT2D eigenvalue weighted by Crippen LogP contribution is 2.38. The van der Waals surface area contributed by atoms with E-state index in [1.807, 2.05) is 48.5 Å². The highest BCUT2D eigenvalue weighted by molar-refractivity contribution is 6.10. The van der Waals surface area contributed by atoms with Gasteiger partial charge in [-0.25, -0.2) is 9.97 Å². The quantitative estimate of drug-likeness (QED) is 0.247. The third-order valence-corrected chi connectivity index (χ3v) is 6.57. The van der Waals surface area contributed by atoms with Gasteiger partial charge in [0.05, 0.1) is 45.7 Å². The number of anilines is 1. The molecule has 0 aliphatic carbocycles. The number of fused-ring (bicyclic) bond motifs is 2. The van der Waals surface area contributed by atoms with E-state index >= 15 is 0 Å². The summed E-state index contributed by atoms with van der Waals surface area (Å²) in [5.74, 6) is 1.93. The Hall–Kier alpha value is -5.32. The Morgan fingerprint density at radius 2 is 1.59 bits per heavy atom. The largest absolute Gasteiger partial charge is 0.497 e. The molecule has 3 aromatic carbocycles.